The Morgan fingerprint density at radius 3 is 2.84 bits per heavy atom. The highest BCUT2D eigenvalue weighted by atomic mass is 16.5. The second kappa shape index (κ2) is 7.85. The van der Waals surface area contributed by atoms with Gasteiger partial charge in [0, 0.05) is 13.2 Å². The first kappa shape index (κ1) is 15.6. The molecular weight excluding hydrogens is 248 g/mol. The molecule has 0 radical (unpaired) electrons. The summed E-state index contributed by atoms with van der Waals surface area (Å²) in [6.07, 6.45) is 1.88. The lowest BCUT2D eigenvalue weighted by Gasteiger charge is -2.08. The Labute approximate surface area is 112 Å². The fraction of sp³-hybridized carbons (Fsp3) is 0.750. The van der Waals surface area contributed by atoms with Crippen LogP contribution in [0.2, 0.25) is 0 Å². The number of hydrogen-bond donors (Lipinski definition) is 2. The van der Waals surface area contributed by atoms with Crippen LogP contribution in [0.15, 0.2) is 6.20 Å². The molecule has 1 aromatic heterocycles. The Morgan fingerprint density at radius 1 is 1.53 bits per heavy atom. The summed E-state index contributed by atoms with van der Waals surface area (Å²) in [5.74, 6) is -0.133. The summed E-state index contributed by atoms with van der Waals surface area (Å²) in [7, 11) is 0. The number of ether oxygens (including phenoxy) is 1. The molecule has 19 heavy (non-hydrogen) atoms. The third-order valence-corrected chi connectivity index (χ3v) is 2.38. The number of hydrogen-bond acceptors (Lipinski definition) is 5. The van der Waals surface area contributed by atoms with E-state index >= 15 is 0 Å². The van der Waals surface area contributed by atoms with Gasteiger partial charge in [0.15, 0.2) is 0 Å². The van der Waals surface area contributed by atoms with Crippen LogP contribution >= 0.6 is 0 Å². The molecule has 7 heteroatoms. The second-order valence-corrected chi connectivity index (χ2v) is 4.64. The fourth-order valence-electron chi connectivity index (χ4n) is 1.40. The van der Waals surface area contributed by atoms with Gasteiger partial charge in [-0.05, 0) is 27.2 Å². The Kier molecular flexibility index (Phi) is 6.44. The Bertz CT molecular complexity index is 390. The predicted molar refractivity (Wildman–Crippen MR) is 69.4 cm³/mol. The average Bonchev–Trinajstić information content (AvgIpc) is 2.76. The molecule has 0 bridgehead atoms. The highest BCUT2D eigenvalue weighted by Crippen LogP contribution is 2.05. The van der Waals surface area contributed by atoms with E-state index in [1.807, 2.05) is 13.8 Å². The van der Waals surface area contributed by atoms with E-state index in [0.29, 0.717) is 18.8 Å². The van der Waals surface area contributed by atoms with Crippen LogP contribution < -0.4 is 5.32 Å². The number of rotatable bonds is 8. The first-order valence-corrected chi connectivity index (χ1v) is 6.45. The molecule has 1 heterocycles. The number of aliphatic hydroxyl groups excluding tert-OH is 1. The molecule has 0 spiro atoms. The smallest absolute Gasteiger partial charge is 0.241 e. The van der Waals surface area contributed by atoms with Gasteiger partial charge >= 0.3 is 0 Å². The number of nitrogens with one attached hydrogen (secondary N) is 1. The monoisotopic (exact) mass is 270 g/mol. The summed E-state index contributed by atoms with van der Waals surface area (Å²) >= 11 is 0. The van der Waals surface area contributed by atoms with Crippen molar-refractivity contribution in [3.05, 3.63) is 11.9 Å². The minimum absolute atomic E-state index is 0.102. The van der Waals surface area contributed by atoms with Crippen molar-refractivity contribution in [3.8, 4) is 0 Å². The van der Waals surface area contributed by atoms with Crippen LogP contribution in [0.4, 0.5) is 0 Å². The third kappa shape index (κ3) is 6.30. The van der Waals surface area contributed by atoms with Crippen molar-refractivity contribution < 1.29 is 14.6 Å². The Morgan fingerprint density at radius 2 is 2.26 bits per heavy atom. The van der Waals surface area contributed by atoms with Crippen molar-refractivity contribution in [2.75, 3.05) is 13.2 Å². The van der Waals surface area contributed by atoms with Gasteiger partial charge in [-0.15, -0.1) is 5.10 Å². The van der Waals surface area contributed by atoms with Crippen LogP contribution in [0.3, 0.4) is 0 Å². The SMILES string of the molecule is CC(C)OCCCNC(=O)Cn1cc(C(C)O)nn1. The topological polar surface area (TPSA) is 89.3 Å². The van der Waals surface area contributed by atoms with Crippen LogP contribution in [-0.4, -0.2) is 45.3 Å². The minimum atomic E-state index is -0.676. The van der Waals surface area contributed by atoms with Crippen LogP contribution in [0.5, 0.6) is 0 Å². The van der Waals surface area contributed by atoms with E-state index in [4.69, 9.17) is 4.74 Å². The first-order valence-electron chi connectivity index (χ1n) is 6.45. The fourth-order valence-corrected chi connectivity index (χ4v) is 1.40. The van der Waals surface area contributed by atoms with Crippen molar-refractivity contribution in [2.24, 2.45) is 0 Å². The molecule has 0 aliphatic rings. The lowest BCUT2D eigenvalue weighted by molar-refractivity contribution is -0.121. The van der Waals surface area contributed by atoms with Crippen molar-refractivity contribution in [1.82, 2.24) is 20.3 Å². The lowest BCUT2D eigenvalue weighted by atomic mass is 10.3. The number of carbonyl (C=O) groups excluding carboxylic acids is 1. The van der Waals surface area contributed by atoms with Crippen molar-refractivity contribution in [1.29, 1.82) is 0 Å². The molecule has 1 rings (SSSR count). The van der Waals surface area contributed by atoms with Gasteiger partial charge in [0.1, 0.15) is 12.2 Å². The molecule has 7 nitrogen and oxygen atoms in total. The van der Waals surface area contributed by atoms with Gasteiger partial charge in [-0.25, -0.2) is 4.68 Å². The highest BCUT2D eigenvalue weighted by molar-refractivity contribution is 5.75. The normalized spacial score (nSPS) is 12.7. The van der Waals surface area contributed by atoms with Gasteiger partial charge in [0.25, 0.3) is 0 Å². The van der Waals surface area contributed by atoms with Crippen molar-refractivity contribution in [3.63, 3.8) is 0 Å². The largest absolute Gasteiger partial charge is 0.387 e. The molecule has 1 aromatic rings. The number of carbonyl (C=O) groups is 1. The van der Waals surface area contributed by atoms with Gasteiger partial charge in [-0.3, -0.25) is 4.79 Å². The molecule has 1 atom stereocenters. The van der Waals surface area contributed by atoms with Crippen LogP contribution in [0.1, 0.15) is 39.0 Å². The summed E-state index contributed by atoms with van der Waals surface area (Å²) in [5, 5.41) is 19.6. The van der Waals surface area contributed by atoms with Gasteiger partial charge in [-0.1, -0.05) is 5.21 Å². The number of aliphatic hydroxyl groups is 1. The summed E-state index contributed by atoms with van der Waals surface area (Å²) in [6.45, 7) is 6.86. The zero-order chi connectivity index (χ0) is 14.3. The summed E-state index contributed by atoms with van der Waals surface area (Å²) in [5.41, 5.74) is 0.457. The van der Waals surface area contributed by atoms with Gasteiger partial charge in [0.2, 0.25) is 5.91 Å². The molecule has 2 N–H and O–H groups in total. The summed E-state index contributed by atoms with van der Waals surface area (Å²) in [4.78, 5) is 11.6. The zero-order valence-electron chi connectivity index (χ0n) is 11.7. The first-order chi connectivity index (χ1) is 8.99. The maximum atomic E-state index is 11.6. The summed E-state index contributed by atoms with van der Waals surface area (Å²) < 4.78 is 6.77. The van der Waals surface area contributed by atoms with Gasteiger partial charge in [-0.2, -0.15) is 0 Å². The number of aromatic nitrogens is 3. The zero-order valence-corrected chi connectivity index (χ0v) is 11.7. The molecule has 1 amide bonds. The molecule has 0 saturated carbocycles. The molecule has 0 saturated heterocycles. The average molecular weight is 270 g/mol. The molecule has 0 aliphatic carbocycles. The molecule has 0 aromatic carbocycles. The second-order valence-electron chi connectivity index (χ2n) is 4.64. The standard InChI is InChI=1S/C12H22N4O3/c1-9(2)19-6-4-5-13-12(18)8-16-7-11(10(3)17)14-15-16/h7,9-10,17H,4-6,8H2,1-3H3,(H,13,18). The third-order valence-electron chi connectivity index (χ3n) is 2.38. The predicted octanol–water partition coefficient (Wildman–Crippen LogP) is 0.263. The maximum Gasteiger partial charge on any atom is 0.241 e. The number of amides is 1. The summed E-state index contributed by atoms with van der Waals surface area (Å²) in [6, 6.07) is 0. The van der Waals surface area contributed by atoms with Crippen LogP contribution in [0, 0.1) is 0 Å². The molecule has 108 valence electrons. The van der Waals surface area contributed by atoms with E-state index in [9.17, 15) is 9.90 Å². The van der Waals surface area contributed by atoms with Gasteiger partial charge in [0.05, 0.1) is 18.4 Å². The Balaban J connectivity index is 2.19. The van der Waals surface area contributed by atoms with E-state index in [1.54, 1.807) is 13.1 Å². The maximum absolute atomic E-state index is 11.6. The molecular formula is C12H22N4O3. The van der Waals surface area contributed by atoms with Crippen LogP contribution in [0.25, 0.3) is 0 Å². The Hall–Kier alpha value is -1.47. The lowest BCUT2D eigenvalue weighted by Crippen LogP contribution is -2.29. The van der Waals surface area contributed by atoms with E-state index < -0.39 is 6.10 Å². The van der Waals surface area contributed by atoms with E-state index in [-0.39, 0.29) is 18.6 Å². The van der Waals surface area contributed by atoms with E-state index in [0.717, 1.165) is 6.42 Å². The van der Waals surface area contributed by atoms with E-state index in [1.165, 1.54) is 4.68 Å². The van der Waals surface area contributed by atoms with Crippen molar-refractivity contribution in [2.45, 2.75) is 45.9 Å². The van der Waals surface area contributed by atoms with Crippen molar-refractivity contribution >= 4 is 5.91 Å². The molecule has 0 aliphatic heterocycles. The van der Waals surface area contributed by atoms with Gasteiger partial charge < -0.3 is 15.2 Å². The van der Waals surface area contributed by atoms with E-state index in [2.05, 4.69) is 15.6 Å². The highest BCUT2D eigenvalue weighted by Gasteiger charge is 2.08. The number of nitrogens with zero attached hydrogens (tertiary/aromatic N) is 3. The molecule has 0 fully saturated rings. The quantitative estimate of drug-likeness (QED) is 0.662. The minimum Gasteiger partial charge on any atom is -0.387 e. The van der Waals surface area contributed by atoms with Crippen LogP contribution in [-0.2, 0) is 16.1 Å². The molecule has 1 unspecified atom stereocenters.